The van der Waals surface area contributed by atoms with Crippen LogP contribution in [0.5, 0.6) is 0 Å². The van der Waals surface area contributed by atoms with E-state index >= 15 is 0 Å². The summed E-state index contributed by atoms with van der Waals surface area (Å²) in [6.07, 6.45) is 0. The molecule has 0 saturated heterocycles. The van der Waals surface area contributed by atoms with Gasteiger partial charge in [0.2, 0.25) is 0 Å². The van der Waals surface area contributed by atoms with Crippen LogP contribution < -0.4 is 0 Å². The van der Waals surface area contributed by atoms with E-state index in [1.54, 1.807) is 0 Å². The average Bonchev–Trinajstić information content (AvgIpc) is 1.15. The van der Waals surface area contributed by atoms with Gasteiger partial charge < -0.3 is 4.57 Å². The van der Waals surface area contributed by atoms with Gasteiger partial charge in [0.05, 0.1) is 17.6 Å². The van der Waals surface area contributed by atoms with E-state index in [9.17, 15) is 0 Å². The first-order valence-electron chi connectivity index (χ1n) is 31.7. The lowest BCUT2D eigenvalue weighted by Gasteiger charge is -2.10. The molecular weight excluding hydrogens is 1110 g/mol. The Morgan fingerprint density at radius 2 is 0.478 bits per heavy atom. The van der Waals surface area contributed by atoms with Gasteiger partial charge in [-0.25, -0.2) is 4.85 Å². The molecule has 1 heterocycles. The van der Waals surface area contributed by atoms with E-state index in [-0.39, 0.29) is 0 Å². The molecule has 0 spiro atoms. The van der Waals surface area contributed by atoms with Crippen LogP contribution >= 0.6 is 0 Å². The summed E-state index contributed by atoms with van der Waals surface area (Å²) in [6, 6.07) is 109. The van der Waals surface area contributed by atoms with Crippen LogP contribution in [0.2, 0.25) is 0 Å². The number of rotatable bonds is 3. The zero-order valence-electron chi connectivity index (χ0n) is 55.3. The smallest absolute Gasteiger partial charge is 0.187 e. The van der Waals surface area contributed by atoms with Crippen LogP contribution in [0.15, 0.2) is 309 Å². The van der Waals surface area contributed by atoms with E-state index in [2.05, 4.69) is 365 Å². The van der Waals surface area contributed by atoms with E-state index < -0.39 is 0 Å². The van der Waals surface area contributed by atoms with E-state index in [4.69, 9.17) is 6.57 Å². The average molecular weight is 1190 g/mol. The monoisotopic (exact) mass is 1190 g/mol. The minimum atomic E-state index is 0.686. The fraction of sp³-hybridized carbons (Fsp3) is 0.122. The van der Waals surface area contributed by atoms with Crippen molar-refractivity contribution in [1.29, 1.82) is 0 Å². The van der Waals surface area contributed by atoms with Crippen LogP contribution in [0.3, 0.4) is 0 Å². The number of hydrogen-bond acceptors (Lipinski definition) is 0. The molecule has 0 saturated carbocycles. The van der Waals surface area contributed by atoms with Gasteiger partial charge >= 0.3 is 0 Å². The fourth-order valence-corrected chi connectivity index (χ4v) is 11.0. The number of nitrogens with zero attached hydrogens (tertiary/aromatic N) is 2. The summed E-state index contributed by atoms with van der Waals surface area (Å²) < 4.78 is 2.34. The Balaban J connectivity index is 0.000000131. The van der Waals surface area contributed by atoms with Crippen LogP contribution in [0.25, 0.3) is 86.9 Å². The second-order valence-electron chi connectivity index (χ2n) is 24.1. The predicted molar refractivity (Wildman–Crippen MR) is 401 cm³/mol. The molecule has 92 heavy (non-hydrogen) atoms. The number of hydrogen-bond donors (Lipinski definition) is 0. The normalized spacial score (nSPS) is 10.3. The maximum Gasteiger partial charge on any atom is 0.187 e. The lowest BCUT2D eigenvalue weighted by Crippen LogP contribution is -1.93. The molecule has 0 aliphatic carbocycles. The van der Waals surface area contributed by atoms with Crippen molar-refractivity contribution in [1.82, 2.24) is 4.57 Å². The molecule has 15 rings (SSSR count). The fourth-order valence-electron chi connectivity index (χ4n) is 11.0. The number of benzene rings is 14. The zero-order valence-corrected chi connectivity index (χ0v) is 55.3. The van der Waals surface area contributed by atoms with Gasteiger partial charge in [0, 0.05) is 16.5 Å². The highest BCUT2D eigenvalue weighted by Crippen LogP contribution is 2.36. The summed E-state index contributed by atoms with van der Waals surface area (Å²) in [5.41, 5.74) is 23.8. The van der Waals surface area contributed by atoms with Crippen molar-refractivity contribution in [3.63, 3.8) is 0 Å². The summed E-state index contributed by atoms with van der Waals surface area (Å²) >= 11 is 0. The van der Waals surface area contributed by atoms with E-state index in [1.807, 2.05) is 30.3 Å². The largest absolute Gasteiger partial charge is 0.309 e. The third-order valence-electron chi connectivity index (χ3n) is 16.2. The molecule has 0 amide bonds. The molecule has 0 atom stereocenters. The molecule has 2 heteroatoms. The second-order valence-corrected chi connectivity index (χ2v) is 24.1. The zero-order chi connectivity index (χ0) is 64.9. The van der Waals surface area contributed by atoms with Crippen LogP contribution in [0, 0.1) is 82.7 Å². The van der Waals surface area contributed by atoms with Gasteiger partial charge in [-0.15, -0.1) is 0 Å². The van der Waals surface area contributed by atoms with Crippen LogP contribution in [0.4, 0.5) is 5.69 Å². The molecule has 0 radical (unpaired) electrons. The number of para-hydroxylation sites is 2. The van der Waals surface area contributed by atoms with Crippen LogP contribution in [-0.2, 0) is 0 Å². The topological polar surface area (TPSA) is 9.29 Å². The Kier molecular flexibility index (Phi) is 22.9. The van der Waals surface area contributed by atoms with Crippen molar-refractivity contribution in [2.24, 2.45) is 0 Å². The lowest BCUT2D eigenvalue weighted by molar-refractivity contribution is 1.17. The Hall–Kier alpha value is -10.9. The molecule has 0 fully saturated rings. The SMILES string of the molecule is Cc1ccc(-c2cccc(C)c2)cc1.Cc1ccc(-n2c3ccccc3c3ccccc32)cc1.Cc1ccc(C)cc1.Cc1ccc(C)cc1.Cc1ccc(C)cc1.Cc1ccc2c3ccccc3c3ccccc3c2c1.[C-]#[N+]c1ccc(-c2cccc(C)c2)cc1. The van der Waals surface area contributed by atoms with Gasteiger partial charge in [0.15, 0.2) is 5.69 Å². The van der Waals surface area contributed by atoms with Crippen molar-refractivity contribution in [3.05, 3.63) is 382 Å². The first-order chi connectivity index (χ1) is 44.6. The summed E-state index contributed by atoms with van der Waals surface area (Å²) in [5, 5.41) is 10.7. The molecule has 1 aromatic heterocycles. The second kappa shape index (κ2) is 32.1. The third-order valence-corrected chi connectivity index (χ3v) is 16.2. The highest BCUT2D eigenvalue weighted by atomic mass is 15.0. The Labute approximate surface area is 547 Å². The van der Waals surface area contributed by atoms with Crippen molar-refractivity contribution in [3.8, 4) is 27.9 Å². The van der Waals surface area contributed by atoms with Crippen molar-refractivity contribution in [2.45, 2.75) is 76.2 Å². The van der Waals surface area contributed by atoms with Crippen molar-refractivity contribution < 1.29 is 0 Å². The molecule has 14 aromatic carbocycles. The molecule has 0 aliphatic rings. The molecular formula is C90H84N2. The maximum absolute atomic E-state index is 6.88. The first-order valence-corrected chi connectivity index (χ1v) is 31.7. The molecule has 454 valence electrons. The standard InChI is InChI=1S/C19H15N.C19H14.C14H11N.C14H14.3C8H10/c1-14-10-12-15(13-11-14)20-18-8-4-2-6-16(18)17-7-3-5-9-19(17)20;1-13-10-11-18-16-8-3-2-6-14(16)15-7-4-5-9-17(15)19(18)12-13;1-11-4-3-5-13(10-11)12-6-8-14(15-2)9-7-12;1-11-6-8-13(9-7-11)14-5-3-4-12(2)10-14;3*1-7-3-5-8(2)6-4-7/h2-13H,1H3;2-12H,1H3;3-10H,1H3;3-10H,1-2H3;3*3-6H,1-2H3. The van der Waals surface area contributed by atoms with Gasteiger partial charge in [-0.3, -0.25) is 0 Å². The molecule has 0 N–H and O–H groups in total. The number of fused-ring (bicyclic) bond motifs is 9. The number of aromatic nitrogens is 1. The summed E-state index contributed by atoms with van der Waals surface area (Å²) in [4.78, 5) is 3.37. The number of aryl methyl sites for hydroxylation is 11. The van der Waals surface area contributed by atoms with Gasteiger partial charge in [-0.1, -0.05) is 346 Å². The summed E-state index contributed by atoms with van der Waals surface area (Å²) in [7, 11) is 0. The molecule has 0 bridgehead atoms. The van der Waals surface area contributed by atoms with Gasteiger partial charge in [-0.2, -0.15) is 0 Å². The summed E-state index contributed by atoms with van der Waals surface area (Å²) in [5.74, 6) is 0. The first kappa shape index (κ1) is 65.6. The van der Waals surface area contributed by atoms with Crippen LogP contribution in [-0.4, -0.2) is 4.57 Å². The minimum absolute atomic E-state index is 0.686. The quantitative estimate of drug-likeness (QED) is 0.123. The van der Waals surface area contributed by atoms with E-state index in [1.165, 1.54) is 138 Å². The van der Waals surface area contributed by atoms with Gasteiger partial charge in [-0.05, 0) is 155 Å². The highest BCUT2D eigenvalue weighted by Gasteiger charge is 2.11. The lowest BCUT2D eigenvalue weighted by atomic mass is 9.93. The third kappa shape index (κ3) is 17.9. The van der Waals surface area contributed by atoms with E-state index in [0.29, 0.717) is 5.69 Å². The summed E-state index contributed by atoms with van der Waals surface area (Å²) in [6.45, 7) is 30.0. The molecule has 0 aliphatic heterocycles. The van der Waals surface area contributed by atoms with Gasteiger partial charge in [0.25, 0.3) is 0 Å². The molecule has 2 nitrogen and oxygen atoms in total. The van der Waals surface area contributed by atoms with Crippen molar-refractivity contribution in [2.75, 3.05) is 0 Å². The Morgan fingerprint density at radius 3 is 0.826 bits per heavy atom. The van der Waals surface area contributed by atoms with Crippen LogP contribution in [0.1, 0.15) is 61.2 Å². The predicted octanol–water partition coefficient (Wildman–Crippen LogP) is 25.6. The van der Waals surface area contributed by atoms with E-state index in [0.717, 1.165) is 5.56 Å². The Bertz CT molecular complexity index is 4610. The molecule has 15 aromatic rings. The molecule has 0 unspecified atom stereocenters. The minimum Gasteiger partial charge on any atom is -0.309 e. The maximum atomic E-state index is 6.88. The van der Waals surface area contributed by atoms with Gasteiger partial charge in [0.1, 0.15) is 0 Å². The Morgan fingerprint density at radius 1 is 0.207 bits per heavy atom. The highest BCUT2D eigenvalue weighted by molar-refractivity contribution is 6.25. The van der Waals surface area contributed by atoms with Crippen molar-refractivity contribution >= 4 is 59.8 Å².